The molecule has 0 aliphatic carbocycles. The molecular weight excluding hydrogens is 142 g/mol. The third-order valence-electron chi connectivity index (χ3n) is 1.81. The summed E-state index contributed by atoms with van der Waals surface area (Å²) in [6.45, 7) is 4.22. The smallest absolute Gasteiger partial charge is 0.319 e. The van der Waals surface area contributed by atoms with Gasteiger partial charge in [0.25, 0.3) is 0 Å². The third kappa shape index (κ3) is 1.83. The zero-order valence-electron chi connectivity index (χ0n) is 7.08. The molecule has 1 fully saturated rings. The van der Waals surface area contributed by atoms with E-state index in [1.807, 2.05) is 14.0 Å². The average Bonchev–Trinajstić information content (AvgIpc) is 2.18. The number of urea groups is 1. The second-order valence-corrected chi connectivity index (χ2v) is 3.13. The summed E-state index contributed by atoms with van der Waals surface area (Å²) in [7, 11) is 1.81. The number of carbonyl (C=O) groups excluding carboxylic acids is 1. The second kappa shape index (κ2) is 3.09. The Morgan fingerprint density at radius 2 is 2.27 bits per heavy atom. The van der Waals surface area contributed by atoms with E-state index in [2.05, 4.69) is 0 Å². The lowest BCUT2D eigenvalue weighted by atomic mass is 10.3. The van der Waals surface area contributed by atoms with Crippen LogP contribution in [-0.2, 0) is 0 Å². The van der Waals surface area contributed by atoms with Crippen molar-refractivity contribution in [2.24, 2.45) is 5.73 Å². The van der Waals surface area contributed by atoms with Crippen molar-refractivity contribution in [1.82, 2.24) is 9.80 Å². The van der Waals surface area contributed by atoms with Gasteiger partial charge in [-0.05, 0) is 6.92 Å². The minimum absolute atomic E-state index is 0.0745. The molecule has 1 aliphatic rings. The molecule has 1 unspecified atom stereocenters. The predicted molar refractivity (Wildman–Crippen MR) is 43.2 cm³/mol. The molecule has 0 aromatic carbocycles. The maximum atomic E-state index is 11.2. The van der Waals surface area contributed by atoms with Gasteiger partial charge in [-0.15, -0.1) is 0 Å². The van der Waals surface area contributed by atoms with E-state index in [0.717, 1.165) is 13.1 Å². The Morgan fingerprint density at radius 3 is 2.64 bits per heavy atom. The fourth-order valence-corrected chi connectivity index (χ4v) is 1.22. The summed E-state index contributed by atoms with van der Waals surface area (Å²) in [5, 5.41) is 0. The summed E-state index contributed by atoms with van der Waals surface area (Å²) in [6, 6.07) is 0.174. The highest BCUT2D eigenvalue weighted by Gasteiger charge is 2.25. The van der Waals surface area contributed by atoms with E-state index >= 15 is 0 Å². The minimum Gasteiger partial charge on any atom is -0.326 e. The van der Waals surface area contributed by atoms with Crippen LogP contribution >= 0.6 is 0 Å². The summed E-state index contributed by atoms with van der Waals surface area (Å²) >= 11 is 0. The molecule has 1 heterocycles. The lowest BCUT2D eigenvalue weighted by Gasteiger charge is -2.17. The molecule has 1 saturated heterocycles. The van der Waals surface area contributed by atoms with Crippen molar-refractivity contribution in [3.05, 3.63) is 0 Å². The first-order valence-electron chi connectivity index (χ1n) is 3.87. The molecule has 1 rings (SSSR count). The van der Waals surface area contributed by atoms with Gasteiger partial charge in [-0.3, -0.25) is 0 Å². The van der Waals surface area contributed by atoms with Gasteiger partial charge in [0.15, 0.2) is 0 Å². The standard InChI is InChI=1S/C7H15N3O/c1-6(8)5-10-4-3-9(2)7(10)11/h6H,3-5,8H2,1-2H3. The third-order valence-corrected chi connectivity index (χ3v) is 1.81. The second-order valence-electron chi connectivity index (χ2n) is 3.13. The van der Waals surface area contributed by atoms with E-state index in [4.69, 9.17) is 5.73 Å². The number of hydrogen-bond acceptors (Lipinski definition) is 2. The van der Waals surface area contributed by atoms with Gasteiger partial charge in [0.1, 0.15) is 0 Å². The summed E-state index contributed by atoms with van der Waals surface area (Å²) in [5.41, 5.74) is 5.57. The molecule has 1 atom stereocenters. The molecular formula is C7H15N3O. The highest BCUT2D eigenvalue weighted by molar-refractivity contribution is 5.76. The molecule has 0 radical (unpaired) electrons. The molecule has 4 nitrogen and oxygen atoms in total. The van der Waals surface area contributed by atoms with Gasteiger partial charge < -0.3 is 15.5 Å². The number of nitrogens with two attached hydrogens (primary N) is 1. The molecule has 0 spiro atoms. The molecule has 2 amide bonds. The number of nitrogens with zero attached hydrogens (tertiary/aromatic N) is 2. The lowest BCUT2D eigenvalue weighted by Crippen LogP contribution is -2.38. The van der Waals surface area contributed by atoms with Gasteiger partial charge in [-0.25, -0.2) is 4.79 Å². The lowest BCUT2D eigenvalue weighted by molar-refractivity contribution is 0.197. The molecule has 0 bridgehead atoms. The molecule has 2 N–H and O–H groups in total. The van der Waals surface area contributed by atoms with Gasteiger partial charge in [0.2, 0.25) is 0 Å². The zero-order chi connectivity index (χ0) is 8.43. The largest absolute Gasteiger partial charge is 0.326 e. The van der Waals surface area contributed by atoms with Crippen LogP contribution in [-0.4, -0.2) is 48.6 Å². The number of carbonyl (C=O) groups is 1. The van der Waals surface area contributed by atoms with Crippen LogP contribution in [0.4, 0.5) is 4.79 Å². The van der Waals surface area contributed by atoms with Crippen molar-refractivity contribution in [3.63, 3.8) is 0 Å². The van der Waals surface area contributed by atoms with Crippen LogP contribution in [0.3, 0.4) is 0 Å². The summed E-state index contributed by atoms with van der Waals surface area (Å²) in [5.74, 6) is 0. The highest BCUT2D eigenvalue weighted by Crippen LogP contribution is 2.05. The van der Waals surface area contributed by atoms with E-state index < -0.39 is 0 Å². The Kier molecular flexibility index (Phi) is 2.34. The Balaban J connectivity index is 2.42. The Morgan fingerprint density at radius 1 is 1.64 bits per heavy atom. The van der Waals surface area contributed by atoms with E-state index in [1.165, 1.54) is 0 Å². The summed E-state index contributed by atoms with van der Waals surface area (Å²) < 4.78 is 0. The van der Waals surface area contributed by atoms with Crippen LogP contribution < -0.4 is 5.73 Å². The first kappa shape index (κ1) is 8.33. The van der Waals surface area contributed by atoms with Crippen LogP contribution in [0, 0.1) is 0 Å². The van der Waals surface area contributed by atoms with Gasteiger partial charge in [-0.1, -0.05) is 0 Å². The van der Waals surface area contributed by atoms with Crippen LogP contribution in [0.15, 0.2) is 0 Å². The fourth-order valence-electron chi connectivity index (χ4n) is 1.22. The summed E-state index contributed by atoms with van der Waals surface area (Å²) in [4.78, 5) is 14.7. The Labute approximate surface area is 66.9 Å². The predicted octanol–water partition coefficient (Wildman–Crippen LogP) is -0.299. The van der Waals surface area contributed by atoms with Crippen molar-refractivity contribution in [2.75, 3.05) is 26.7 Å². The van der Waals surface area contributed by atoms with Crippen molar-refractivity contribution in [3.8, 4) is 0 Å². The quantitative estimate of drug-likeness (QED) is 0.598. The summed E-state index contributed by atoms with van der Waals surface area (Å²) in [6.07, 6.45) is 0. The fraction of sp³-hybridized carbons (Fsp3) is 0.857. The molecule has 0 aromatic rings. The molecule has 1 aliphatic heterocycles. The maximum Gasteiger partial charge on any atom is 0.319 e. The van der Waals surface area contributed by atoms with E-state index in [9.17, 15) is 4.79 Å². The Hall–Kier alpha value is -0.770. The average molecular weight is 157 g/mol. The van der Waals surface area contributed by atoms with Crippen molar-refractivity contribution in [2.45, 2.75) is 13.0 Å². The molecule has 4 heteroatoms. The van der Waals surface area contributed by atoms with Crippen LogP contribution in [0.25, 0.3) is 0 Å². The molecule has 64 valence electrons. The van der Waals surface area contributed by atoms with E-state index in [1.54, 1.807) is 9.80 Å². The van der Waals surface area contributed by atoms with Gasteiger partial charge in [-0.2, -0.15) is 0 Å². The monoisotopic (exact) mass is 157 g/mol. The van der Waals surface area contributed by atoms with Crippen LogP contribution in [0.5, 0.6) is 0 Å². The zero-order valence-corrected chi connectivity index (χ0v) is 7.08. The van der Waals surface area contributed by atoms with Crippen molar-refractivity contribution >= 4 is 6.03 Å². The Bertz CT molecular complexity index is 158. The normalized spacial score (nSPS) is 21.2. The van der Waals surface area contributed by atoms with Crippen LogP contribution in [0.2, 0.25) is 0 Å². The number of likely N-dealkylation sites (N-methyl/N-ethyl adjacent to an activating group) is 1. The minimum atomic E-state index is 0.0745. The van der Waals surface area contributed by atoms with E-state index in [0.29, 0.717) is 6.54 Å². The van der Waals surface area contributed by atoms with Gasteiger partial charge in [0.05, 0.1) is 0 Å². The SMILES string of the molecule is CC(N)CN1CCN(C)C1=O. The topological polar surface area (TPSA) is 49.6 Å². The molecule has 11 heavy (non-hydrogen) atoms. The van der Waals surface area contributed by atoms with Gasteiger partial charge in [0, 0.05) is 32.7 Å². The van der Waals surface area contributed by atoms with Crippen molar-refractivity contribution < 1.29 is 4.79 Å². The first-order chi connectivity index (χ1) is 5.11. The number of rotatable bonds is 2. The van der Waals surface area contributed by atoms with E-state index in [-0.39, 0.29) is 12.1 Å². The maximum absolute atomic E-state index is 11.2. The first-order valence-corrected chi connectivity index (χ1v) is 3.87. The number of hydrogen-bond donors (Lipinski definition) is 1. The number of amides is 2. The van der Waals surface area contributed by atoms with Crippen LogP contribution in [0.1, 0.15) is 6.92 Å². The molecule has 0 aromatic heterocycles. The highest BCUT2D eigenvalue weighted by atomic mass is 16.2. The molecule has 0 saturated carbocycles. The van der Waals surface area contributed by atoms with Gasteiger partial charge >= 0.3 is 6.03 Å². The van der Waals surface area contributed by atoms with Crippen molar-refractivity contribution in [1.29, 1.82) is 0 Å².